The van der Waals surface area contributed by atoms with Crippen molar-refractivity contribution in [3.05, 3.63) is 34.7 Å². The van der Waals surface area contributed by atoms with E-state index in [1.54, 1.807) is 19.1 Å². The lowest BCUT2D eigenvalue weighted by Gasteiger charge is -2.07. The molecule has 2 nitrogen and oxygen atoms in total. The molecule has 1 aromatic heterocycles. The van der Waals surface area contributed by atoms with Crippen molar-refractivity contribution in [1.29, 1.82) is 0 Å². The topological polar surface area (TPSA) is 25.8 Å². The quantitative estimate of drug-likeness (QED) is 0.664. The summed E-state index contributed by atoms with van der Waals surface area (Å²) in [7, 11) is 0. The molecule has 0 unspecified atom stereocenters. The van der Waals surface area contributed by atoms with Crippen molar-refractivity contribution in [2.45, 2.75) is 13.1 Å². The van der Waals surface area contributed by atoms with Crippen molar-refractivity contribution < 1.29 is 13.2 Å². The first kappa shape index (κ1) is 11.1. The summed E-state index contributed by atoms with van der Waals surface area (Å²) in [5.74, 6) is -1.21. The van der Waals surface area contributed by atoms with Crippen molar-refractivity contribution in [1.82, 2.24) is 9.97 Å². The minimum absolute atomic E-state index is 0.183. The van der Waals surface area contributed by atoms with Crippen LogP contribution in [0.4, 0.5) is 13.2 Å². The number of benzene rings is 1. The number of hydrogen-bond acceptors (Lipinski definition) is 2. The van der Waals surface area contributed by atoms with Crippen molar-refractivity contribution >= 4 is 22.5 Å². The number of fused-ring (bicyclic) bond motifs is 1. The normalized spacial score (nSPS) is 12.1. The summed E-state index contributed by atoms with van der Waals surface area (Å²) in [6.07, 6.45) is -4.58. The van der Waals surface area contributed by atoms with Gasteiger partial charge in [-0.15, -0.1) is 0 Å². The van der Waals surface area contributed by atoms with Crippen LogP contribution >= 0.6 is 11.6 Å². The second-order valence-corrected chi connectivity index (χ2v) is 3.71. The summed E-state index contributed by atoms with van der Waals surface area (Å²) in [5, 5.41) is 0.234. The van der Waals surface area contributed by atoms with Gasteiger partial charge in [-0.25, -0.2) is 9.97 Å². The molecule has 84 valence electrons. The van der Waals surface area contributed by atoms with Crippen LogP contribution in [-0.2, 0) is 6.18 Å². The highest BCUT2D eigenvalue weighted by Gasteiger charge is 2.35. The second-order valence-electron chi connectivity index (χ2n) is 3.36. The molecule has 1 heterocycles. The third kappa shape index (κ3) is 1.95. The Morgan fingerprint density at radius 2 is 1.88 bits per heavy atom. The molecular weight excluding hydrogens is 241 g/mol. The van der Waals surface area contributed by atoms with Gasteiger partial charge in [0.15, 0.2) is 0 Å². The summed E-state index contributed by atoms with van der Waals surface area (Å²) in [4.78, 5) is 6.68. The van der Waals surface area contributed by atoms with Gasteiger partial charge >= 0.3 is 6.18 Å². The molecule has 2 aromatic rings. The van der Waals surface area contributed by atoms with E-state index >= 15 is 0 Å². The van der Waals surface area contributed by atoms with Crippen molar-refractivity contribution in [2.24, 2.45) is 0 Å². The first-order chi connectivity index (χ1) is 7.38. The standard InChI is InChI=1S/C10H6ClF3N2/c1-5-2-3-6-7(4-5)15-9(10(12,13)14)16-8(6)11/h2-4H,1H3. The molecule has 0 saturated heterocycles. The van der Waals surface area contributed by atoms with E-state index in [2.05, 4.69) is 9.97 Å². The Hall–Kier alpha value is -1.36. The first-order valence-corrected chi connectivity index (χ1v) is 4.77. The maximum Gasteiger partial charge on any atom is 0.451 e. The molecular formula is C10H6ClF3N2. The van der Waals surface area contributed by atoms with E-state index in [9.17, 15) is 13.2 Å². The Morgan fingerprint density at radius 1 is 1.19 bits per heavy atom. The van der Waals surface area contributed by atoms with Crippen LogP contribution in [0, 0.1) is 6.92 Å². The maximum absolute atomic E-state index is 12.4. The van der Waals surface area contributed by atoms with Gasteiger partial charge in [-0.1, -0.05) is 17.7 Å². The molecule has 0 N–H and O–H groups in total. The van der Waals surface area contributed by atoms with E-state index < -0.39 is 12.0 Å². The van der Waals surface area contributed by atoms with Gasteiger partial charge in [-0.3, -0.25) is 0 Å². The third-order valence-electron chi connectivity index (χ3n) is 2.06. The van der Waals surface area contributed by atoms with Gasteiger partial charge < -0.3 is 0 Å². The number of rotatable bonds is 0. The summed E-state index contributed by atoms with van der Waals surface area (Å²) in [6, 6.07) is 4.89. The molecule has 0 atom stereocenters. The predicted molar refractivity (Wildman–Crippen MR) is 54.3 cm³/mol. The molecule has 0 amide bonds. The molecule has 2 rings (SSSR count). The summed E-state index contributed by atoms with van der Waals surface area (Å²) >= 11 is 5.67. The largest absolute Gasteiger partial charge is 0.451 e. The Morgan fingerprint density at radius 3 is 2.50 bits per heavy atom. The van der Waals surface area contributed by atoms with Gasteiger partial charge in [0.25, 0.3) is 0 Å². The minimum Gasteiger partial charge on any atom is -0.224 e. The van der Waals surface area contributed by atoms with Crippen molar-refractivity contribution in [2.75, 3.05) is 0 Å². The Labute approximate surface area is 94.1 Å². The highest BCUT2D eigenvalue weighted by molar-refractivity contribution is 6.34. The minimum atomic E-state index is -4.58. The summed E-state index contributed by atoms with van der Waals surface area (Å²) in [6.45, 7) is 1.77. The number of hydrogen-bond donors (Lipinski definition) is 0. The van der Waals surface area contributed by atoms with E-state index in [0.717, 1.165) is 5.56 Å². The van der Waals surface area contributed by atoms with Crippen molar-refractivity contribution in [3.8, 4) is 0 Å². The van der Waals surface area contributed by atoms with Crippen LogP contribution in [0.3, 0.4) is 0 Å². The van der Waals surface area contributed by atoms with Crippen LogP contribution in [0.1, 0.15) is 11.4 Å². The average Bonchev–Trinajstić information content (AvgIpc) is 2.15. The summed E-state index contributed by atoms with van der Waals surface area (Å²) in [5.41, 5.74) is 1.02. The Balaban J connectivity index is 2.75. The molecule has 0 saturated carbocycles. The molecule has 16 heavy (non-hydrogen) atoms. The highest BCUT2D eigenvalue weighted by Crippen LogP contribution is 2.30. The van der Waals surface area contributed by atoms with Crippen LogP contribution in [0.15, 0.2) is 18.2 Å². The smallest absolute Gasteiger partial charge is 0.224 e. The zero-order chi connectivity index (χ0) is 11.9. The van der Waals surface area contributed by atoms with Crippen molar-refractivity contribution in [3.63, 3.8) is 0 Å². The van der Waals surface area contributed by atoms with Crippen LogP contribution in [0.25, 0.3) is 10.9 Å². The second kappa shape index (κ2) is 3.59. The average molecular weight is 247 g/mol. The van der Waals surface area contributed by atoms with Gasteiger partial charge in [0.1, 0.15) is 5.15 Å². The van der Waals surface area contributed by atoms with Crippen LogP contribution < -0.4 is 0 Å². The first-order valence-electron chi connectivity index (χ1n) is 4.39. The monoisotopic (exact) mass is 246 g/mol. The van der Waals surface area contributed by atoms with Crippen LogP contribution in [-0.4, -0.2) is 9.97 Å². The van der Waals surface area contributed by atoms with E-state index in [4.69, 9.17) is 11.6 Å². The Bertz CT molecular complexity index is 551. The lowest BCUT2D eigenvalue weighted by molar-refractivity contribution is -0.144. The van der Waals surface area contributed by atoms with E-state index in [1.807, 2.05) is 0 Å². The molecule has 6 heteroatoms. The Kier molecular flexibility index (Phi) is 2.50. The number of alkyl halides is 3. The van der Waals surface area contributed by atoms with Crippen LogP contribution in [0.2, 0.25) is 5.15 Å². The maximum atomic E-state index is 12.4. The van der Waals surface area contributed by atoms with E-state index in [-0.39, 0.29) is 10.7 Å². The lowest BCUT2D eigenvalue weighted by Crippen LogP contribution is -2.11. The highest BCUT2D eigenvalue weighted by atomic mass is 35.5. The molecule has 1 aromatic carbocycles. The van der Waals surface area contributed by atoms with Gasteiger partial charge in [0.2, 0.25) is 5.82 Å². The molecule has 0 aliphatic carbocycles. The molecule has 0 radical (unpaired) electrons. The predicted octanol–water partition coefficient (Wildman–Crippen LogP) is 3.61. The fraction of sp³-hybridized carbons (Fsp3) is 0.200. The zero-order valence-corrected chi connectivity index (χ0v) is 8.89. The zero-order valence-electron chi connectivity index (χ0n) is 8.14. The van der Waals surface area contributed by atoms with Crippen LogP contribution in [0.5, 0.6) is 0 Å². The SMILES string of the molecule is Cc1ccc2c(Cl)nc(C(F)(F)F)nc2c1. The van der Waals surface area contributed by atoms with Gasteiger partial charge in [0, 0.05) is 5.39 Å². The third-order valence-corrected chi connectivity index (χ3v) is 2.35. The van der Waals surface area contributed by atoms with Gasteiger partial charge in [-0.2, -0.15) is 13.2 Å². The number of halogens is 4. The molecule has 0 fully saturated rings. The molecule has 0 spiro atoms. The summed E-state index contributed by atoms with van der Waals surface area (Å²) < 4.78 is 37.2. The lowest BCUT2D eigenvalue weighted by atomic mass is 10.2. The fourth-order valence-corrected chi connectivity index (χ4v) is 1.57. The van der Waals surface area contributed by atoms with E-state index in [1.165, 1.54) is 6.07 Å². The number of aryl methyl sites for hydroxylation is 1. The number of nitrogens with zero attached hydrogens (tertiary/aromatic N) is 2. The fourth-order valence-electron chi connectivity index (χ4n) is 1.33. The van der Waals surface area contributed by atoms with Gasteiger partial charge in [-0.05, 0) is 24.6 Å². The van der Waals surface area contributed by atoms with Gasteiger partial charge in [0.05, 0.1) is 5.52 Å². The number of aromatic nitrogens is 2. The molecule has 0 aliphatic rings. The molecule has 0 aliphatic heterocycles. The van der Waals surface area contributed by atoms with E-state index in [0.29, 0.717) is 5.39 Å². The molecule has 0 bridgehead atoms.